The van der Waals surface area contributed by atoms with Crippen LogP contribution >= 0.6 is 0 Å². The number of hydrogen-bond acceptors (Lipinski definition) is 0. The van der Waals surface area contributed by atoms with E-state index in [4.69, 9.17) is 0 Å². The molecule has 1 atom stereocenters. The van der Waals surface area contributed by atoms with Crippen LogP contribution in [-0.4, -0.2) is 0 Å². The number of allylic oxidation sites excluding steroid dienone is 2. The van der Waals surface area contributed by atoms with E-state index in [1.165, 1.54) is 12.8 Å². The molecule has 1 aliphatic carbocycles. The molecule has 0 spiro atoms. The lowest BCUT2D eigenvalue weighted by Gasteiger charge is -2.26. The van der Waals surface area contributed by atoms with Gasteiger partial charge in [-0.05, 0) is 24.7 Å². The minimum atomic E-state index is 0.753. The lowest BCUT2D eigenvalue weighted by atomic mass is 9.79. The van der Waals surface area contributed by atoms with E-state index in [2.05, 4.69) is 26.8 Å². The predicted molar refractivity (Wildman–Crippen MR) is 41.3 cm³/mol. The maximum Gasteiger partial charge on any atom is -0.0229 e. The molecule has 0 N–H and O–H groups in total. The normalized spacial score (nSPS) is 31.1. The van der Waals surface area contributed by atoms with Gasteiger partial charge in [0, 0.05) is 0 Å². The molecule has 0 amide bonds. The Kier molecular flexibility index (Phi) is 1.94. The van der Waals surface area contributed by atoms with E-state index >= 15 is 0 Å². The third-order valence-electron chi connectivity index (χ3n) is 2.05. The zero-order valence-corrected chi connectivity index (χ0v) is 6.65. The van der Waals surface area contributed by atoms with E-state index in [0.717, 1.165) is 11.8 Å². The van der Waals surface area contributed by atoms with E-state index in [-0.39, 0.29) is 0 Å². The van der Waals surface area contributed by atoms with Gasteiger partial charge in [-0.3, -0.25) is 0 Å². The largest absolute Gasteiger partial charge is 0.0825 e. The van der Waals surface area contributed by atoms with Crippen molar-refractivity contribution in [1.29, 1.82) is 0 Å². The Morgan fingerprint density at radius 3 is 2.33 bits per heavy atom. The highest BCUT2D eigenvalue weighted by atomic mass is 14.2. The summed E-state index contributed by atoms with van der Waals surface area (Å²) in [5, 5.41) is 0. The van der Waals surface area contributed by atoms with E-state index in [1.807, 2.05) is 0 Å². The first-order chi connectivity index (χ1) is 4.20. The van der Waals surface area contributed by atoms with Gasteiger partial charge < -0.3 is 0 Å². The summed E-state index contributed by atoms with van der Waals surface area (Å²) in [6.07, 6.45) is 5.19. The Hall–Kier alpha value is -0.260. The van der Waals surface area contributed by atoms with Crippen molar-refractivity contribution in [2.75, 3.05) is 0 Å². The molecule has 1 fully saturated rings. The Morgan fingerprint density at radius 1 is 1.56 bits per heavy atom. The summed E-state index contributed by atoms with van der Waals surface area (Å²) < 4.78 is 0. The van der Waals surface area contributed by atoms with Crippen LogP contribution in [0.2, 0.25) is 0 Å². The molecule has 0 aromatic rings. The molecular weight excluding hydrogens is 108 g/mol. The molecule has 0 nitrogen and oxygen atoms in total. The zero-order chi connectivity index (χ0) is 6.85. The molecule has 0 bridgehead atoms. The van der Waals surface area contributed by atoms with Crippen LogP contribution in [0.3, 0.4) is 0 Å². The lowest BCUT2D eigenvalue weighted by molar-refractivity contribution is 0.475. The fraction of sp³-hybridized carbons (Fsp3) is 0.778. The fourth-order valence-corrected chi connectivity index (χ4v) is 1.28. The van der Waals surface area contributed by atoms with Crippen molar-refractivity contribution >= 4 is 0 Å². The first kappa shape index (κ1) is 6.85. The quantitative estimate of drug-likeness (QED) is 0.471. The van der Waals surface area contributed by atoms with Crippen molar-refractivity contribution in [3.63, 3.8) is 0 Å². The first-order valence-electron chi connectivity index (χ1n) is 3.90. The van der Waals surface area contributed by atoms with Gasteiger partial charge in [0.05, 0.1) is 0 Å². The number of rotatable bonds is 1. The summed E-state index contributed by atoms with van der Waals surface area (Å²) >= 11 is 0. The molecule has 1 aliphatic rings. The molecule has 0 heterocycles. The summed E-state index contributed by atoms with van der Waals surface area (Å²) in [5.41, 5.74) is 1.69. The van der Waals surface area contributed by atoms with Gasteiger partial charge in [-0.2, -0.15) is 0 Å². The van der Waals surface area contributed by atoms with Crippen LogP contribution in [0.5, 0.6) is 0 Å². The summed E-state index contributed by atoms with van der Waals surface area (Å²) in [5.74, 6) is 1.65. The highest BCUT2D eigenvalue weighted by Crippen LogP contribution is 2.33. The van der Waals surface area contributed by atoms with Gasteiger partial charge in [-0.25, -0.2) is 0 Å². The van der Waals surface area contributed by atoms with Gasteiger partial charge in [0.2, 0.25) is 0 Å². The maximum absolute atomic E-state index is 2.41. The molecule has 0 heteroatoms. The molecule has 0 radical (unpaired) electrons. The van der Waals surface area contributed by atoms with Crippen LogP contribution in [0, 0.1) is 11.8 Å². The molecule has 1 saturated carbocycles. The summed E-state index contributed by atoms with van der Waals surface area (Å²) in [6, 6.07) is 0. The Bertz CT molecular complexity index is 120. The second-order valence-electron chi connectivity index (χ2n) is 3.43. The maximum atomic E-state index is 2.41. The Balaban J connectivity index is 2.42. The molecule has 52 valence electrons. The molecule has 0 aromatic carbocycles. The third-order valence-corrected chi connectivity index (χ3v) is 2.05. The number of hydrogen-bond donors (Lipinski definition) is 0. The van der Waals surface area contributed by atoms with Crippen molar-refractivity contribution in [1.82, 2.24) is 0 Å². The first-order valence-corrected chi connectivity index (χ1v) is 3.90. The van der Waals surface area contributed by atoms with Crippen LogP contribution in [0.4, 0.5) is 0 Å². The van der Waals surface area contributed by atoms with Gasteiger partial charge in [0.15, 0.2) is 0 Å². The summed E-state index contributed by atoms with van der Waals surface area (Å²) in [4.78, 5) is 0. The van der Waals surface area contributed by atoms with Crippen LogP contribution < -0.4 is 0 Å². The second-order valence-corrected chi connectivity index (χ2v) is 3.43. The van der Waals surface area contributed by atoms with E-state index in [0.29, 0.717) is 0 Å². The molecular formula is C9H16. The van der Waals surface area contributed by atoms with Gasteiger partial charge >= 0.3 is 0 Å². The van der Waals surface area contributed by atoms with Crippen molar-refractivity contribution in [2.45, 2.75) is 33.6 Å². The van der Waals surface area contributed by atoms with Gasteiger partial charge in [-0.1, -0.05) is 32.4 Å². The molecule has 0 aromatic heterocycles. The molecule has 0 aliphatic heterocycles. The van der Waals surface area contributed by atoms with Gasteiger partial charge in [0.25, 0.3) is 0 Å². The highest BCUT2D eigenvalue weighted by molar-refractivity contribution is 5.14. The zero-order valence-electron chi connectivity index (χ0n) is 6.65. The average molecular weight is 124 g/mol. The summed E-state index contributed by atoms with van der Waals surface area (Å²) in [6.45, 7) is 6.81. The molecule has 1 rings (SSSR count). The standard InChI is InChI=1S/C9H16/c1-7(2)6-9-5-4-8(9)3/h6-8H,4-5H2,1-3H3. The predicted octanol–water partition coefficient (Wildman–Crippen LogP) is 3.00. The topological polar surface area (TPSA) is 0 Å². The monoisotopic (exact) mass is 124 g/mol. The SMILES string of the molecule is CC(C)C=C1CCC1C. The van der Waals surface area contributed by atoms with E-state index in [1.54, 1.807) is 5.57 Å². The van der Waals surface area contributed by atoms with Crippen molar-refractivity contribution in [2.24, 2.45) is 11.8 Å². The minimum absolute atomic E-state index is 0.753. The van der Waals surface area contributed by atoms with Crippen LogP contribution in [0.25, 0.3) is 0 Å². The van der Waals surface area contributed by atoms with Crippen LogP contribution in [0.1, 0.15) is 33.6 Å². The Labute approximate surface area is 58.0 Å². The fourth-order valence-electron chi connectivity index (χ4n) is 1.28. The van der Waals surface area contributed by atoms with E-state index < -0.39 is 0 Å². The Morgan fingerprint density at radius 2 is 2.22 bits per heavy atom. The minimum Gasteiger partial charge on any atom is -0.0825 e. The van der Waals surface area contributed by atoms with Crippen LogP contribution in [-0.2, 0) is 0 Å². The second kappa shape index (κ2) is 2.55. The third kappa shape index (κ3) is 1.57. The highest BCUT2D eigenvalue weighted by Gasteiger charge is 2.18. The van der Waals surface area contributed by atoms with Crippen molar-refractivity contribution < 1.29 is 0 Å². The molecule has 0 saturated heterocycles. The van der Waals surface area contributed by atoms with Gasteiger partial charge in [0.1, 0.15) is 0 Å². The smallest absolute Gasteiger partial charge is 0.0229 e. The van der Waals surface area contributed by atoms with Crippen LogP contribution in [0.15, 0.2) is 11.6 Å². The lowest BCUT2D eigenvalue weighted by Crippen LogP contribution is -2.11. The molecule has 9 heavy (non-hydrogen) atoms. The molecule has 1 unspecified atom stereocenters. The van der Waals surface area contributed by atoms with Crippen molar-refractivity contribution in [3.8, 4) is 0 Å². The average Bonchev–Trinajstić information content (AvgIpc) is 1.79. The van der Waals surface area contributed by atoms with Gasteiger partial charge in [-0.15, -0.1) is 0 Å². The van der Waals surface area contributed by atoms with E-state index in [9.17, 15) is 0 Å². The summed E-state index contributed by atoms with van der Waals surface area (Å²) in [7, 11) is 0. The van der Waals surface area contributed by atoms with Crippen molar-refractivity contribution in [3.05, 3.63) is 11.6 Å².